The Labute approximate surface area is 121 Å². The van der Waals surface area contributed by atoms with E-state index in [-0.39, 0.29) is 0 Å². The van der Waals surface area contributed by atoms with E-state index >= 15 is 0 Å². The molecule has 1 aromatic rings. The van der Waals surface area contributed by atoms with E-state index in [0.29, 0.717) is 5.92 Å². The lowest BCUT2D eigenvalue weighted by Gasteiger charge is -2.31. The fourth-order valence-electron chi connectivity index (χ4n) is 3.51. The molecule has 104 valence electrons. The van der Waals surface area contributed by atoms with E-state index in [9.17, 15) is 0 Å². The van der Waals surface area contributed by atoms with Crippen LogP contribution in [0.3, 0.4) is 0 Å². The zero-order valence-electron chi connectivity index (χ0n) is 12.2. The van der Waals surface area contributed by atoms with Gasteiger partial charge in [0.2, 0.25) is 0 Å². The molecule has 0 saturated carbocycles. The SMILES string of the molecule is CCC1C=CC=C2Cc3ccccc3C(CCCN)=C21. The number of benzene rings is 1. The van der Waals surface area contributed by atoms with Gasteiger partial charge in [-0.1, -0.05) is 49.4 Å². The van der Waals surface area contributed by atoms with Crippen molar-refractivity contribution in [2.75, 3.05) is 6.54 Å². The van der Waals surface area contributed by atoms with Crippen molar-refractivity contribution in [3.05, 3.63) is 64.8 Å². The summed E-state index contributed by atoms with van der Waals surface area (Å²) in [7, 11) is 0. The molecule has 2 aliphatic carbocycles. The molecule has 0 radical (unpaired) electrons. The van der Waals surface area contributed by atoms with Gasteiger partial charge in [-0.25, -0.2) is 0 Å². The van der Waals surface area contributed by atoms with Crippen molar-refractivity contribution in [3.63, 3.8) is 0 Å². The van der Waals surface area contributed by atoms with E-state index in [4.69, 9.17) is 5.73 Å². The lowest BCUT2D eigenvalue weighted by atomic mass is 9.73. The van der Waals surface area contributed by atoms with Gasteiger partial charge in [0, 0.05) is 5.92 Å². The van der Waals surface area contributed by atoms with Gasteiger partial charge in [0.05, 0.1) is 0 Å². The van der Waals surface area contributed by atoms with E-state index in [1.54, 1.807) is 11.1 Å². The van der Waals surface area contributed by atoms with E-state index in [1.807, 2.05) is 0 Å². The average Bonchev–Trinajstić information content (AvgIpc) is 2.50. The Hall–Kier alpha value is -1.60. The molecule has 1 aromatic carbocycles. The molecule has 0 saturated heterocycles. The highest BCUT2D eigenvalue weighted by atomic mass is 14.5. The van der Waals surface area contributed by atoms with Gasteiger partial charge in [0.15, 0.2) is 0 Å². The molecule has 0 spiro atoms. The Morgan fingerprint density at radius 2 is 2.10 bits per heavy atom. The van der Waals surface area contributed by atoms with Crippen LogP contribution in [-0.2, 0) is 6.42 Å². The van der Waals surface area contributed by atoms with Gasteiger partial charge in [-0.05, 0) is 60.1 Å². The predicted octanol–water partition coefficient (Wildman–Crippen LogP) is 4.26. The van der Waals surface area contributed by atoms with Crippen LogP contribution >= 0.6 is 0 Å². The maximum atomic E-state index is 5.75. The van der Waals surface area contributed by atoms with Gasteiger partial charge in [-0.3, -0.25) is 0 Å². The van der Waals surface area contributed by atoms with E-state index < -0.39 is 0 Å². The molecule has 0 aliphatic heterocycles. The third-order valence-electron chi connectivity index (χ3n) is 4.48. The summed E-state index contributed by atoms with van der Waals surface area (Å²) in [5.74, 6) is 0.580. The zero-order chi connectivity index (χ0) is 13.9. The van der Waals surface area contributed by atoms with Gasteiger partial charge in [-0.2, -0.15) is 0 Å². The molecule has 1 unspecified atom stereocenters. The average molecular weight is 265 g/mol. The molecule has 3 rings (SSSR count). The number of nitrogens with two attached hydrogens (primary N) is 1. The summed E-state index contributed by atoms with van der Waals surface area (Å²) >= 11 is 0. The van der Waals surface area contributed by atoms with Crippen LogP contribution in [0.15, 0.2) is 53.6 Å². The number of rotatable bonds is 4. The molecule has 0 heterocycles. The predicted molar refractivity (Wildman–Crippen MR) is 86.4 cm³/mol. The maximum Gasteiger partial charge on any atom is 0.00242 e. The monoisotopic (exact) mass is 265 g/mol. The summed E-state index contributed by atoms with van der Waals surface area (Å²) in [5, 5.41) is 0. The van der Waals surface area contributed by atoms with Crippen LogP contribution in [0.25, 0.3) is 5.57 Å². The lowest BCUT2D eigenvalue weighted by Crippen LogP contribution is -2.16. The first-order chi connectivity index (χ1) is 9.85. The molecular weight excluding hydrogens is 242 g/mol. The quantitative estimate of drug-likeness (QED) is 0.865. The van der Waals surface area contributed by atoms with Gasteiger partial charge < -0.3 is 5.73 Å². The number of hydrogen-bond donors (Lipinski definition) is 1. The molecule has 2 aliphatic rings. The number of hydrogen-bond acceptors (Lipinski definition) is 1. The molecule has 0 aromatic heterocycles. The first-order valence-electron chi connectivity index (χ1n) is 7.74. The standard InChI is InChI=1S/C19H23N/c1-2-14-8-5-9-16-13-15-7-3-4-10-17(15)18(19(14)16)11-6-12-20/h3-5,7-10,14H,2,6,11-13,20H2,1H3. The Morgan fingerprint density at radius 1 is 1.25 bits per heavy atom. The van der Waals surface area contributed by atoms with E-state index in [1.165, 1.54) is 23.1 Å². The minimum atomic E-state index is 0.580. The third kappa shape index (κ3) is 2.27. The van der Waals surface area contributed by atoms with Crippen LogP contribution in [0.1, 0.15) is 37.3 Å². The topological polar surface area (TPSA) is 26.0 Å². The molecule has 1 atom stereocenters. The molecule has 0 amide bonds. The van der Waals surface area contributed by atoms with Crippen molar-refractivity contribution >= 4 is 5.57 Å². The fraction of sp³-hybridized carbons (Fsp3) is 0.368. The fourth-order valence-corrected chi connectivity index (χ4v) is 3.51. The summed E-state index contributed by atoms with van der Waals surface area (Å²) in [6.45, 7) is 3.05. The summed E-state index contributed by atoms with van der Waals surface area (Å²) in [5.41, 5.74) is 13.3. The molecular formula is C19H23N. The smallest absolute Gasteiger partial charge is 0.00242 e. The highest BCUT2D eigenvalue weighted by Crippen LogP contribution is 2.43. The van der Waals surface area contributed by atoms with Crippen molar-refractivity contribution in [3.8, 4) is 0 Å². The minimum absolute atomic E-state index is 0.580. The van der Waals surface area contributed by atoms with Gasteiger partial charge in [0.1, 0.15) is 0 Å². The molecule has 0 fully saturated rings. The third-order valence-corrected chi connectivity index (χ3v) is 4.48. The number of allylic oxidation sites excluding steroid dienone is 6. The second-order valence-corrected chi connectivity index (χ2v) is 5.71. The van der Waals surface area contributed by atoms with E-state index in [2.05, 4.69) is 49.4 Å². The van der Waals surface area contributed by atoms with E-state index in [0.717, 1.165) is 25.8 Å². The van der Waals surface area contributed by atoms with Gasteiger partial charge >= 0.3 is 0 Å². The second-order valence-electron chi connectivity index (χ2n) is 5.71. The van der Waals surface area contributed by atoms with Crippen LogP contribution < -0.4 is 5.73 Å². The normalized spacial score (nSPS) is 20.5. The Balaban J connectivity index is 2.14. The maximum absolute atomic E-state index is 5.75. The van der Waals surface area contributed by atoms with Gasteiger partial charge in [-0.15, -0.1) is 0 Å². The molecule has 20 heavy (non-hydrogen) atoms. The van der Waals surface area contributed by atoms with Crippen LogP contribution in [0.2, 0.25) is 0 Å². The second kappa shape index (κ2) is 5.80. The van der Waals surface area contributed by atoms with Crippen molar-refractivity contribution < 1.29 is 0 Å². The van der Waals surface area contributed by atoms with Crippen LogP contribution in [-0.4, -0.2) is 6.54 Å². The van der Waals surface area contributed by atoms with Crippen LogP contribution in [0, 0.1) is 5.92 Å². The van der Waals surface area contributed by atoms with Crippen LogP contribution in [0.5, 0.6) is 0 Å². The van der Waals surface area contributed by atoms with Crippen molar-refractivity contribution in [2.24, 2.45) is 11.7 Å². The van der Waals surface area contributed by atoms with Crippen molar-refractivity contribution in [1.82, 2.24) is 0 Å². The van der Waals surface area contributed by atoms with Crippen LogP contribution in [0.4, 0.5) is 0 Å². The molecule has 2 N–H and O–H groups in total. The van der Waals surface area contributed by atoms with Crippen molar-refractivity contribution in [2.45, 2.75) is 32.6 Å². The minimum Gasteiger partial charge on any atom is -0.330 e. The first kappa shape index (κ1) is 13.4. The van der Waals surface area contributed by atoms with Gasteiger partial charge in [0.25, 0.3) is 0 Å². The molecule has 0 bridgehead atoms. The Kier molecular flexibility index (Phi) is 3.88. The summed E-state index contributed by atoms with van der Waals surface area (Å²) in [6, 6.07) is 8.88. The molecule has 1 nitrogen and oxygen atoms in total. The highest BCUT2D eigenvalue weighted by molar-refractivity contribution is 5.79. The highest BCUT2D eigenvalue weighted by Gasteiger charge is 2.26. The van der Waals surface area contributed by atoms with Crippen molar-refractivity contribution in [1.29, 1.82) is 0 Å². The first-order valence-corrected chi connectivity index (χ1v) is 7.74. The Bertz CT molecular complexity index is 590. The zero-order valence-corrected chi connectivity index (χ0v) is 12.2. The summed E-state index contributed by atoms with van der Waals surface area (Å²) in [4.78, 5) is 0. The molecule has 1 heteroatoms. The largest absolute Gasteiger partial charge is 0.330 e. The number of fused-ring (bicyclic) bond motifs is 2. The Morgan fingerprint density at radius 3 is 2.90 bits per heavy atom. The summed E-state index contributed by atoms with van der Waals surface area (Å²) < 4.78 is 0. The lowest BCUT2D eigenvalue weighted by molar-refractivity contribution is 0.712. The summed E-state index contributed by atoms with van der Waals surface area (Å²) in [6.07, 6.45) is 11.3.